The second-order valence-electron chi connectivity index (χ2n) is 17.2. The van der Waals surface area contributed by atoms with Crippen molar-refractivity contribution in [1.82, 2.24) is 36.1 Å². The lowest BCUT2D eigenvalue weighted by atomic mass is 9.93. The standard InChI is InChI=1S/C50H64N12O7/c1-30-43(31(2)57-45(56-30)34-10-13-36(14-11-34)62-23-7-5-6-8-24-62)48(65)59-39(17-18-51)50(67)61(4)44-35-12-16-42(69-26-21-54)38(29-35)37-27-33(9-15-41(37)68-25-20-53)28-40(47(64)55-22-19-52)60-46(63)32(3)58-49(44)66/h9-16,27,29,32,39-40,44H,5-8,17-18,20-26,28,51,53-54H2,1-4H3,(H,55,64)(H,58,66)(H,59,65)(H,60,63). The summed E-state index contributed by atoms with van der Waals surface area (Å²) in [5, 5.41) is 20.0. The largest absolute Gasteiger partial charge is 0.492 e. The number of rotatable bonds is 16. The highest BCUT2D eigenvalue weighted by Crippen LogP contribution is 2.40. The fourth-order valence-corrected chi connectivity index (χ4v) is 8.68. The Balaban J connectivity index is 1.35. The number of carbonyl (C=O) groups excluding carboxylic acids is 5. The van der Waals surface area contributed by atoms with Gasteiger partial charge in [-0.3, -0.25) is 24.0 Å². The number of carbonyl (C=O) groups is 5. The normalized spacial score (nSPS) is 17.7. The van der Waals surface area contributed by atoms with Gasteiger partial charge in [0.2, 0.25) is 23.6 Å². The predicted octanol–water partition coefficient (Wildman–Crippen LogP) is 2.32. The van der Waals surface area contributed by atoms with E-state index in [0.29, 0.717) is 51.0 Å². The van der Waals surface area contributed by atoms with E-state index in [1.54, 1.807) is 50.2 Å². The minimum absolute atomic E-state index is 0.00176. The number of likely N-dealkylation sites (N-methyl/N-ethyl adjacent to an activating group) is 1. The van der Waals surface area contributed by atoms with E-state index in [9.17, 15) is 29.2 Å². The quantitative estimate of drug-likeness (QED) is 0.0795. The van der Waals surface area contributed by atoms with E-state index in [0.717, 1.165) is 37.2 Å². The van der Waals surface area contributed by atoms with Crippen LogP contribution in [-0.4, -0.2) is 122 Å². The molecule has 19 heteroatoms. The summed E-state index contributed by atoms with van der Waals surface area (Å²) >= 11 is 0. The Hall–Kier alpha value is -7.14. The van der Waals surface area contributed by atoms with Crippen molar-refractivity contribution in [2.75, 3.05) is 64.4 Å². The average Bonchev–Trinajstić information content (AvgIpc) is 3.63. The molecule has 5 amide bonds. The Morgan fingerprint density at radius 3 is 2.09 bits per heavy atom. The van der Waals surface area contributed by atoms with Gasteiger partial charge in [-0.25, -0.2) is 9.97 Å². The smallest absolute Gasteiger partial charge is 0.255 e. The monoisotopic (exact) mass is 945 g/mol. The second-order valence-corrected chi connectivity index (χ2v) is 17.2. The molecular formula is C50H64N12O7. The van der Waals surface area contributed by atoms with Crippen LogP contribution in [0.3, 0.4) is 0 Å². The molecule has 1 aromatic heterocycles. The average molecular weight is 945 g/mol. The molecule has 10 N–H and O–H groups in total. The number of amides is 5. The minimum Gasteiger partial charge on any atom is -0.492 e. The number of anilines is 1. The number of hydrogen-bond donors (Lipinski definition) is 7. The first-order chi connectivity index (χ1) is 33.3. The molecule has 2 aliphatic rings. The van der Waals surface area contributed by atoms with Gasteiger partial charge in [0.1, 0.15) is 55.4 Å². The summed E-state index contributed by atoms with van der Waals surface area (Å²) in [5.41, 5.74) is 22.6. The molecule has 4 atom stereocenters. The van der Waals surface area contributed by atoms with Crippen molar-refractivity contribution >= 4 is 35.2 Å². The van der Waals surface area contributed by atoms with Crippen LogP contribution in [-0.2, 0) is 25.6 Å². The second kappa shape index (κ2) is 24.2. The summed E-state index contributed by atoms with van der Waals surface area (Å²) < 4.78 is 12.2. The number of nitriles is 1. The number of aromatic nitrogens is 2. The highest BCUT2D eigenvalue weighted by Gasteiger charge is 2.36. The summed E-state index contributed by atoms with van der Waals surface area (Å²) in [6, 6.07) is 15.2. The van der Waals surface area contributed by atoms with Crippen LogP contribution in [0, 0.1) is 25.2 Å². The molecule has 0 radical (unpaired) electrons. The number of fused-ring (bicyclic) bond motifs is 5. The first kappa shape index (κ1) is 51.3. The van der Waals surface area contributed by atoms with Crippen molar-refractivity contribution in [3.8, 4) is 40.1 Å². The number of nitrogens with two attached hydrogens (primary N) is 3. The van der Waals surface area contributed by atoms with Gasteiger partial charge in [0.25, 0.3) is 5.91 Å². The van der Waals surface area contributed by atoms with Gasteiger partial charge < -0.3 is 57.7 Å². The van der Waals surface area contributed by atoms with Gasteiger partial charge in [0.05, 0.1) is 23.0 Å². The fraction of sp³-hybridized carbons (Fsp3) is 0.440. The topological polar surface area (TPSA) is 286 Å². The Bertz CT molecular complexity index is 2500. The maximum atomic E-state index is 14.8. The van der Waals surface area contributed by atoms with E-state index in [2.05, 4.69) is 38.3 Å². The van der Waals surface area contributed by atoms with Crippen LogP contribution in [0.15, 0.2) is 60.7 Å². The van der Waals surface area contributed by atoms with E-state index in [1.807, 2.05) is 18.2 Å². The first-order valence-corrected chi connectivity index (χ1v) is 23.4. The maximum absolute atomic E-state index is 14.8. The lowest BCUT2D eigenvalue weighted by Crippen LogP contribution is -2.56. The highest BCUT2D eigenvalue weighted by molar-refractivity contribution is 6.00. The van der Waals surface area contributed by atoms with Crippen molar-refractivity contribution in [3.63, 3.8) is 0 Å². The number of benzene rings is 3. The first-order valence-electron chi connectivity index (χ1n) is 23.4. The van der Waals surface area contributed by atoms with Gasteiger partial charge in [0.15, 0.2) is 5.82 Å². The van der Waals surface area contributed by atoms with Crippen LogP contribution in [0.25, 0.3) is 22.5 Å². The van der Waals surface area contributed by atoms with Gasteiger partial charge in [-0.15, -0.1) is 0 Å². The van der Waals surface area contributed by atoms with E-state index < -0.39 is 53.7 Å². The molecule has 0 spiro atoms. The van der Waals surface area contributed by atoms with Crippen LogP contribution in [0.5, 0.6) is 11.5 Å². The fourth-order valence-electron chi connectivity index (χ4n) is 8.68. The number of nitrogens with zero attached hydrogens (tertiary/aromatic N) is 5. The summed E-state index contributed by atoms with van der Waals surface area (Å²) in [7, 11) is 1.42. The SMILES string of the molecule is Cc1nc(-c2ccc(N3CCCCCC3)cc2)nc(C)c1C(=O)NC(CCN)C(=O)N(C)C1C(=O)NC(C)C(=O)NC(C(=O)NCC#N)Cc2ccc(OCCN)c(c2)-c2cc1ccc2OCCN. The molecule has 0 saturated carbocycles. The summed E-state index contributed by atoms with van der Waals surface area (Å²) in [6.07, 6.45) is 4.80. The molecular weight excluding hydrogens is 881 g/mol. The zero-order valence-electron chi connectivity index (χ0n) is 39.8. The zero-order chi connectivity index (χ0) is 49.6. The van der Waals surface area contributed by atoms with E-state index in [-0.39, 0.29) is 57.8 Å². The van der Waals surface area contributed by atoms with Crippen LogP contribution >= 0.6 is 0 Å². The Morgan fingerprint density at radius 2 is 1.48 bits per heavy atom. The van der Waals surface area contributed by atoms with Gasteiger partial charge in [-0.1, -0.05) is 25.0 Å². The molecule has 3 heterocycles. The summed E-state index contributed by atoms with van der Waals surface area (Å²) in [6.45, 7) is 7.27. The number of ether oxygens (including phenoxy) is 2. The van der Waals surface area contributed by atoms with E-state index >= 15 is 0 Å². The van der Waals surface area contributed by atoms with Crippen molar-refractivity contribution in [3.05, 3.63) is 88.7 Å². The van der Waals surface area contributed by atoms with E-state index in [4.69, 9.17) is 36.6 Å². The van der Waals surface area contributed by atoms with Gasteiger partial charge in [-0.2, -0.15) is 5.26 Å². The summed E-state index contributed by atoms with van der Waals surface area (Å²) in [4.78, 5) is 83.8. The number of aryl methyl sites for hydroxylation is 2. The lowest BCUT2D eigenvalue weighted by Gasteiger charge is -2.32. The Kier molecular flexibility index (Phi) is 18.0. The van der Waals surface area contributed by atoms with Crippen molar-refractivity contribution < 1.29 is 33.4 Å². The molecule has 6 rings (SSSR count). The molecule has 0 aliphatic carbocycles. The molecule has 3 aromatic carbocycles. The van der Waals surface area contributed by atoms with Crippen molar-refractivity contribution in [2.24, 2.45) is 17.2 Å². The molecule has 366 valence electrons. The molecule has 19 nitrogen and oxygen atoms in total. The molecule has 1 saturated heterocycles. The third-order valence-corrected chi connectivity index (χ3v) is 12.2. The lowest BCUT2D eigenvalue weighted by molar-refractivity contribution is -0.141. The Morgan fingerprint density at radius 1 is 0.855 bits per heavy atom. The van der Waals surface area contributed by atoms with Gasteiger partial charge >= 0.3 is 0 Å². The minimum atomic E-state index is -1.40. The van der Waals surface area contributed by atoms with Gasteiger partial charge in [-0.05, 0) is 106 Å². The third kappa shape index (κ3) is 12.7. The molecule has 69 heavy (non-hydrogen) atoms. The van der Waals surface area contributed by atoms with Crippen LogP contribution < -0.4 is 52.8 Å². The van der Waals surface area contributed by atoms with E-state index in [1.165, 1.54) is 31.7 Å². The van der Waals surface area contributed by atoms with Crippen LogP contribution in [0.1, 0.15) is 77.9 Å². The molecule has 2 aliphatic heterocycles. The highest BCUT2D eigenvalue weighted by atomic mass is 16.5. The van der Waals surface area contributed by atoms with Crippen molar-refractivity contribution in [1.29, 1.82) is 5.26 Å². The predicted molar refractivity (Wildman–Crippen MR) is 261 cm³/mol. The molecule has 4 bridgehead atoms. The Labute approximate surface area is 402 Å². The third-order valence-electron chi connectivity index (χ3n) is 12.2. The van der Waals surface area contributed by atoms with Crippen LogP contribution in [0.2, 0.25) is 0 Å². The molecule has 1 fully saturated rings. The maximum Gasteiger partial charge on any atom is 0.255 e. The van der Waals surface area contributed by atoms with Gasteiger partial charge in [0, 0.05) is 62.0 Å². The van der Waals surface area contributed by atoms with Crippen molar-refractivity contribution in [2.45, 2.75) is 83.5 Å². The zero-order valence-corrected chi connectivity index (χ0v) is 39.8. The molecule has 4 unspecified atom stereocenters. The number of nitrogens with one attached hydrogen (secondary N) is 4. The van der Waals surface area contributed by atoms with Crippen LogP contribution in [0.4, 0.5) is 5.69 Å². The molecule has 4 aromatic rings. The summed E-state index contributed by atoms with van der Waals surface area (Å²) in [5.74, 6) is -2.09. The number of hydrogen-bond acceptors (Lipinski definition) is 14.